The Morgan fingerprint density at radius 3 is 2.56 bits per heavy atom. The lowest BCUT2D eigenvalue weighted by Crippen LogP contribution is -2.20. The molecule has 8 heteroatoms. The number of halogens is 1. The molecule has 4 aromatic rings. The molecule has 0 saturated heterocycles. The van der Waals surface area contributed by atoms with Crippen molar-refractivity contribution in [2.24, 2.45) is 0 Å². The number of nitrogens with zero attached hydrogens (tertiary/aromatic N) is 3. The average Bonchev–Trinajstić information content (AvgIpc) is 2.86. The van der Waals surface area contributed by atoms with Gasteiger partial charge < -0.3 is 10.1 Å². The van der Waals surface area contributed by atoms with E-state index in [0.717, 1.165) is 18.1 Å². The number of carbonyl (C=O) groups is 1. The maximum absolute atomic E-state index is 13.2. The van der Waals surface area contributed by atoms with E-state index in [2.05, 4.69) is 10.3 Å². The lowest BCUT2D eigenvalue weighted by Gasteiger charge is -2.11. The number of anilines is 1. The number of aromatic nitrogens is 2. The lowest BCUT2D eigenvalue weighted by molar-refractivity contribution is -0.112. The third kappa shape index (κ3) is 4.84. The Balaban J connectivity index is 1.77. The van der Waals surface area contributed by atoms with E-state index in [4.69, 9.17) is 4.74 Å². The molecule has 2 aromatic carbocycles. The van der Waals surface area contributed by atoms with Crippen LogP contribution in [0.4, 0.5) is 10.1 Å². The van der Waals surface area contributed by atoms with E-state index in [9.17, 15) is 19.2 Å². The van der Waals surface area contributed by atoms with Gasteiger partial charge in [-0.3, -0.25) is 14.0 Å². The van der Waals surface area contributed by atoms with Crippen molar-refractivity contribution < 1.29 is 13.9 Å². The summed E-state index contributed by atoms with van der Waals surface area (Å²) in [6.45, 7) is 2.03. The predicted octanol–water partition coefficient (Wildman–Crippen LogP) is 4.73. The molecule has 0 aliphatic carbocycles. The van der Waals surface area contributed by atoms with E-state index in [1.807, 2.05) is 19.1 Å². The molecular formula is C26H19FN4O3. The monoisotopic (exact) mass is 454 g/mol. The molecule has 2 aromatic heterocycles. The smallest absolute Gasteiger partial charge is 0.269 e. The molecule has 0 bridgehead atoms. The molecule has 0 fully saturated rings. The van der Waals surface area contributed by atoms with Crippen LogP contribution < -0.4 is 15.6 Å². The number of rotatable bonds is 6. The minimum atomic E-state index is -0.759. The van der Waals surface area contributed by atoms with Gasteiger partial charge in [-0.15, -0.1) is 0 Å². The molecule has 0 saturated carbocycles. The Morgan fingerprint density at radius 2 is 1.88 bits per heavy atom. The van der Waals surface area contributed by atoms with Crippen LogP contribution in [0.2, 0.25) is 0 Å². The first-order chi connectivity index (χ1) is 16.5. The van der Waals surface area contributed by atoms with Gasteiger partial charge in [0.25, 0.3) is 11.5 Å². The topological polar surface area (TPSA) is 96.5 Å². The number of aryl methyl sites for hydroxylation is 1. The second-order valence-electron chi connectivity index (χ2n) is 7.30. The standard InChI is InChI=1S/C26H19FN4O3/c1-2-17-6-12-21(13-7-17)34-25-22(26(33)31-14-4-3-5-23(31)30-25)15-18(16-28)24(32)29-20-10-8-19(27)9-11-20/h3-15H,2H2,1H3,(H,29,32)/b18-15-. The molecule has 0 unspecified atom stereocenters. The van der Waals surface area contributed by atoms with Crippen molar-refractivity contribution in [3.63, 3.8) is 0 Å². The molecule has 34 heavy (non-hydrogen) atoms. The van der Waals surface area contributed by atoms with Crippen LogP contribution >= 0.6 is 0 Å². The van der Waals surface area contributed by atoms with E-state index in [-0.39, 0.29) is 17.0 Å². The van der Waals surface area contributed by atoms with E-state index in [1.54, 1.807) is 36.4 Å². The van der Waals surface area contributed by atoms with Gasteiger partial charge in [-0.1, -0.05) is 25.1 Å². The van der Waals surface area contributed by atoms with Crippen LogP contribution in [-0.4, -0.2) is 15.3 Å². The van der Waals surface area contributed by atoms with Gasteiger partial charge >= 0.3 is 0 Å². The number of fused-ring (bicyclic) bond motifs is 1. The fourth-order valence-electron chi connectivity index (χ4n) is 3.21. The highest BCUT2D eigenvalue weighted by molar-refractivity contribution is 6.09. The Labute approximate surface area is 194 Å². The highest BCUT2D eigenvalue weighted by Gasteiger charge is 2.17. The molecular weight excluding hydrogens is 435 g/mol. The Morgan fingerprint density at radius 1 is 1.15 bits per heavy atom. The predicted molar refractivity (Wildman–Crippen MR) is 126 cm³/mol. The summed E-state index contributed by atoms with van der Waals surface area (Å²) in [5.41, 5.74) is 0.850. The van der Waals surface area contributed by atoms with Gasteiger partial charge in [0.05, 0.1) is 0 Å². The maximum Gasteiger partial charge on any atom is 0.269 e. The second-order valence-corrected chi connectivity index (χ2v) is 7.30. The first-order valence-electron chi connectivity index (χ1n) is 10.5. The summed E-state index contributed by atoms with van der Waals surface area (Å²) in [5, 5.41) is 12.1. The SMILES string of the molecule is CCc1ccc(Oc2nc3ccccn3c(=O)c2/C=C(/C#N)C(=O)Nc2ccc(F)cc2)cc1. The number of hydrogen-bond donors (Lipinski definition) is 1. The van der Waals surface area contributed by atoms with E-state index < -0.39 is 17.3 Å². The summed E-state index contributed by atoms with van der Waals surface area (Å²) in [7, 11) is 0. The number of ether oxygens (including phenoxy) is 1. The van der Waals surface area contributed by atoms with Crippen LogP contribution in [0.15, 0.2) is 83.3 Å². The van der Waals surface area contributed by atoms with Gasteiger partial charge in [-0.2, -0.15) is 10.2 Å². The van der Waals surface area contributed by atoms with Gasteiger partial charge in [0.1, 0.15) is 34.4 Å². The minimum Gasteiger partial charge on any atom is -0.438 e. The normalized spacial score (nSPS) is 11.1. The van der Waals surface area contributed by atoms with Crippen LogP contribution in [0.1, 0.15) is 18.1 Å². The molecule has 7 nitrogen and oxygen atoms in total. The molecule has 0 radical (unpaired) electrons. The van der Waals surface area contributed by atoms with E-state index >= 15 is 0 Å². The van der Waals surface area contributed by atoms with Crippen molar-refractivity contribution in [1.29, 1.82) is 5.26 Å². The minimum absolute atomic E-state index is 0.0391. The largest absolute Gasteiger partial charge is 0.438 e. The first kappa shape index (κ1) is 22.4. The third-order valence-electron chi connectivity index (χ3n) is 5.04. The van der Waals surface area contributed by atoms with Gasteiger partial charge in [0.2, 0.25) is 5.88 Å². The van der Waals surface area contributed by atoms with E-state index in [0.29, 0.717) is 17.1 Å². The zero-order valence-corrected chi connectivity index (χ0v) is 18.2. The number of pyridine rings is 1. The van der Waals surface area contributed by atoms with Crippen molar-refractivity contribution in [3.8, 4) is 17.7 Å². The summed E-state index contributed by atoms with van der Waals surface area (Å²) < 4.78 is 20.3. The quantitative estimate of drug-likeness (QED) is 0.336. The summed E-state index contributed by atoms with van der Waals surface area (Å²) in [6, 6.07) is 19.3. The van der Waals surface area contributed by atoms with Gasteiger partial charge in [-0.05, 0) is 66.6 Å². The number of nitrogens with one attached hydrogen (secondary N) is 1. The molecule has 168 valence electrons. The number of hydrogen-bond acceptors (Lipinski definition) is 5. The summed E-state index contributed by atoms with van der Waals surface area (Å²) >= 11 is 0. The molecule has 0 aliphatic rings. The van der Waals surface area contributed by atoms with Crippen LogP contribution in [0, 0.1) is 17.1 Å². The molecule has 1 amide bonds. The van der Waals surface area contributed by atoms with Crippen molar-refractivity contribution in [2.45, 2.75) is 13.3 Å². The van der Waals surface area contributed by atoms with Gasteiger partial charge in [0, 0.05) is 11.9 Å². The molecule has 0 spiro atoms. The second kappa shape index (κ2) is 9.79. The van der Waals surface area contributed by atoms with Gasteiger partial charge in [-0.25, -0.2) is 4.39 Å². The molecule has 2 heterocycles. The van der Waals surface area contributed by atoms with Crippen LogP contribution in [0.3, 0.4) is 0 Å². The number of benzene rings is 2. The van der Waals surface area contributed by atoms with Crippen LogP contribution in [0.25, 0.3) is 11.7 Å². The Hall–Kier alpha value is -4.77. The summed E-state index contributed by atoms with van der Waals surface area (Å²) in [4.78, 5) is 30.3. The zero-order chi connectivity index (χ0) is 24.1. The van der Waals surface area contributed by atoms with Crippen molar-refractivity contribution >= 4 is 23.3 Å². The molecule has 0 atom stereocenters. The highest BCUT2D eigenvalue weighted by atomic mass is 19.1. The maximum atomic E-state index is 13.2. The summed E-state index contributed by atoms with van der Waals surface area (Å²) in [6.07, 6.45) is 3.54. The average molecular weight is 454 g/mol. The first-order valence-corrected chi connectivity index (χ1v) is 10.5. The third-order valence-corrected chi connectivity index (χ3v) is 5.04. The van der Waals surface area contributed by atoms with Crippen molar-refractivity contribution in [1.82, 2.24) is 9.38 Å². The number of amides is 1. The molecule has 1 N–H and O–H groups in total. The van der Waals surface area contributed by atoms with Crippen molar-refractivity contribution in [2.75, 3.05) is 5.32 Å². The number of carbonyl (C=O) groups excluding carboxylic acids is 1. The Bertz CT molecular complexity index is 1480. The molecule has 4 rings (SSSR count). The fraction of sp³-hybridized carbons (Fsp3) is 0.0769. The molecule has 0 aliphatic heterocycles. The van der Waals surface area contributed by atoms with Gasteiger partial charge in [0.15, 0.2) is 0 Å². The fourth-order valence-corrected chi connectivity index (χ4v) is 3.21. The van der Waals surface area contributed by atoms with Crippen molar-refractivity contribution in [3.05, 3.63) is 106 Å². The highest BCUT2D eigenvalue weighted by Crippen LogP contribution is 2.25. The van der Waals surface area contributed by atoms with Crippen LogP contribution in [-0.2, 0) is 11.2 Å². The summed E-state index contributed by atoms with van der Waals surface area (Å²) in [5.74, 6) is -0.806. The lowest BCUT2D eigenvalue weighted by atomic mass is 10.1. The Kier molecular flexibility index (Phi) is 6.46. The van der Waals surface area contributed by atoms with E-state index in [1.165, 1.54) is 34.9 Å². The number of nitriles is 1. The van der Waals surface area contributed by atoms with Crippen LogP contribution in [0.5, 0.6) is 11.6 Å². The zero-order valence-electron chi connectivity index (χ0n) is 18.2.